The van der Waals surface area contributed by atoms with Crippen molar-refractivity contribution < 1.29 is 0 Å². The van der Waals surface area contributed by atoms with Gasteiger partial charge in [-0.1, -0.05) is 46.3 Å². The number of pyridine rings is 1. The summed E-state index contributed by atoms with van der Waals surface area (Å²) in [6.45, 7) is 0. The predicted octanol–water partition coefficient (Wildman–Crippen LogP) is 4.70. The molecule has 3 rings (SSSR count). The molecule has 1 aromatic heterocycles. The van der Waals surface area contributed by atoms with Crippen LogP contribution in [0.1, 0.15) is 5.56 Å². The molecule has 0 spiro atoms. The Morgan fingerprint density at radius 1 is 1.04 bits per heavy atom. The number of benzene rings is 2. The van der Waals surface area contributed by atoms with Crippen molar-refractivity contribution in [1.29, 1.82) is 5.26 Å². The van der Waals surface area contributed by atoms with Crippen LogP contribution in [0.2, 0.25) is 0 Å². The summed E-state index contributed by atoms with van der Waals surface area (Å²) in [7, 11) is 3.98. The predicted molar refractivity (Wildman–Crippen MR) is 106 cm³/mol. The van der Waals surface area contributed by atoms with Crippen LogP contribution < -0.4 is 10.6 Å². The number of anilines is 2. The number of rotatable bonds is 3. The van der Waals surface area contributed by atoms with Crippen LogP contribution >= 0.6 is 15.9 Å². The van der Waals surface area contributed by atoms with E-state index in [-0.39, 0.29) is 5.82 Å². The molecule has 1 heterocycles. The van der Waals surface area contributed by atoms with Crippen LogP contribution in [0.15, 0.2) is 59.1 Å². The van der Waals surface area contributed by atoms with Crippen molar-refractivity contribution >= 4 is 27.4 Å². The van der Waals surface area contributed by atoms with Gasteiger partial charge in [-0.3, -0.25) is 0 Å². The van der Waals surface area contributed by atoms with E-state index in [0.29, 0.717) is 5.56 Å². The van der Waals surface area contributed by atoms with Crippen molar-refractivity contribution in [2.75, 3.05) is 24.7 Å². The third-order valence-electron chi connectivity index (χ3n) is 4.00. The largest absolute Gasteiger partial charge is 0.383 e. The van der Waals surface area contributed by atoms with Gasteiger partial charge in [0.2, 0.25) is 0 Å². The SMILES string of the molecule is CN(C)c1ccc(-c2cc(-c3ccccc3Br)nc(N)c2C#N)cc1. The first-order valence-electron chi connectivity index (χ1n) is 7.74. The number of aromatic nitrogens is 1. The van der Waals surface area contributed by atoms with E-state index in [4.69, 9.17) is 5.73 Å². The summed E-state index contributed by atoms with van der Waals surface area (Å²) in [4.78, 5) is 6.45. The van der Waals surface area contributed by atoms with Gasteiger partial charge >= 0.3 is 0 Å². The van der Waals surface area contributed by atoms with Crippen molar-refractivity contribution in [2.24, 2.45) is 0 Å². The van der Waals surface area contributed by atoms with Crippen LogP contribution in [-0.2, 0) is 0 Å². The number of halogens is 1. The summed E-state index contributed by atoms with van der Waals surface area (Å²) < 4.78 is 0.931. The first-order valence-corrected chi connectivity index (χ1v) is 8.54. The minimum atomic E-state index is 0.238. The topological polar surface area (TPSA) is 65.9 Å². The lowest BCUT2D eigenvalue weighted by molar-refractivity contribution is 1.13. The molecule has 0 radical (unpaired) electrons. The zero-order chi connectivity index (χ0) is 18.0. The van der Waals surface area contributed by atoms with Crippen molar-refractivity contribution in [3.05, 3.63) is 64.6 Å². The second kappa shape index (κ2) is 6.96. The zero-order valence-electron chi connectivity index (χ0n) is 14.0. The number of nitriles is 1. The van der Waals surface area contributed by atoms with Crippen LogP contribution in [0.5, 0.6) is 0 Å². The van der Waals surface area contributed by atoms with E-state index in [1.54, 1.807) is 0 Å². The Labute approximate surface area is 155 Å². The average Bonchev–Trinajstić information content (AvgIpc) is 2.61. The summed E-state index contributed by atoms with van der Waals surface area (Å²) in [5.74, 6) is 0.238. The molecular formula is C20H17BrN4. The molecular weight excluding hydrogens is 376 g/mol. The number of hydrogen-bond donors (Lipinski definition) is 1. The Kier molecular flexibility index (Phi) is 4.73. The number of nitrogens with zero attached hydrogens (tertiary/aromatic N) is 3. The lowest BCUT2D eigenvalue weighted by Crippen LogP contribution is -2.08. The smallest absolute Gasteiger partial charge is 0.142 e. The van der Waals surface area contributed by atoms with Gasteiger partial charge in [0.15, 0.2) is 0 Å². The second-order valence-corrected chi connectivity index (χ2v) is 6.70. The van der Waals surface area contributed by atoms with Crippen molar-refractivity contribution in [3.8, 4) is 28.5 Å². The molecule has 0 bridgehead atoms. The monoisotopic (exact) mass is 392 g/mol. The Hall–Kier alpha value is -2.84. The van der Waals surface area contributed by atoms with Gasteiger partial charge in [0.25, 0.3) is 0 Å². The van der Waals surface area contributed by atoms with Crippen LogP contribution in [0.25, 0.3) is 22.4 Å². The molecule has 0 atom stereocenters. The molecule has 0 aliphatic heterocycles. The first kappa shape index (κ1) is 17.0. The summed E-state index contributed by atoms with van der Waals surface area (Å²) in [5.41, 5.74) is 11.0. The lowest BCUT2D eigenvalue weighted by Gasteiger charge is -2.14. The highest BCUT2D eigenvalue weighted by atomic mass is 79.9. The molecule has 0 saturated heterocycles. The van der Waals surface area contributed by atoms with Gasteiger partial charge in [0, 0.05) is 35.4 Å². The van der Waals surface area contributed by atoms with Crippen molar-refractivity contribution in [2.45, 2.75) is 0 Å². The summed E-state index contributed by atoms with van der Waals surface area (Å²) in [5, 5.41) is 9.53. The fourth-order valence-corrected chi connectivity index (χ4v) is 3.14. The van der Waals surface area contributed by atoms with E-state index in [9.17, 15) is 5.26 Å². The minimum absolute atomic E-state index is 0.238. The maximum Gasteiger partial charge on any atom is 0.142 e. The molecule has 25 heavy (non-hydrogen) atoms. The highest BCUT2D eigenvalue weighted by molar-refractivity contribution is 9.10. The molecule has 2 N–H and O–H groups in total. The van der Waals surface area contributed by atoms with Crippen molar-refractivity contribution in [1.82, 2.24) is 4.98 Å². The molecule has 0 saturated carbocycles. The summed E-state index contributed by atoms with van der Waals surface area (Å²) >= 11 is 3.55. The molecule has 0 unspecified atom stereocenters. The van der Waals surface area contributed by atoms with E-state index in [1.165, 1.54) is 0 Å². The normalized spacial score (nSPS) is 10.3. The van der Waals surface area contributed by atoms with Crippen molar-refractivity contribution in [3.63, 3.8) is 0 Å². The van der Waals surface area contributed by atoms with Gasteiger partial charge in [-0.25, -0.2) is 4.98 Å². The van der Waals surface area contributed by atoms with E-state index < -0.39 is 0 Å². The molecule has 0 aliphatic carbocycles. The van der Waals surface area contributed by atoms with E-state index in [1.807, 2.05) is 73.6 Å². The maximum absolute atomic E-state index is 9.53. The standard InChI is InChI=1S/C20H17BrN4/c1-25(2)14-9-7-13(8-10-14)16-11-19(24-20(23)17(16)12-22)15-5-3-4-6-18(15)21/h3-11H,1-2H3,(H2,23,24). The van der Waals surface area contributed by atoms with Gasteiger partial charge < -0.3 is 10.6 Å². The van der Waals surface area contributed by atoms with Crippen LogP contribution in [0, 0.1) is 11.3 Å². The number of nitrogen functional groups attached to an aromatic ring is 1. The first-order chi connectivity index (χ1) is 12.0. The summed E-state index contributed by atoms with van der Waals surface area (Å²) in [6.07, 6.45) is 0. The highest BCUT2D eigenvalue weighted by Crippen LogP contribution is 2.34. The highest BCUT2D eigenvalue weighted by Gasteiger charge is 2.14. The Balaban J connectivity index is 2.18. The minimum Gasteiger partial charge on any atom is -0.383 e. The molecule has 0 aliphatic rings. The third kappa shape index (κ3) is 3.35. The Bertz CT molecular complexity index is 956. The summed E-state index contributed by atoms with van der Waals surface area (Å²) in [6, 6.07) is 19.9. The van der Waals surface area contributed by atoms with Crippen LogP contribution in [-0.4, -0.2) is 19.1 Å². The molecule has 0 amide bonds. The lowest BCUT2D eigenvalue weighted by atomic mass is 9.98. The number of hydrogen-bond acceptors (Lipinski definition) is 4. The zero-order valence-corrected chi connectivity index (χ0v) is 15.6. The fraction of sp³-hybridized carbons (Fsp3) is 0.100. The second-order valence-electron chi connectivity index (χ2n) is 5.85. The maximum atomic E-state index is 9.53. The number of nitrogens with two attached hydrogens (primary N) is 1. The van der Waals surface area contributed by atoms with Crippen LogP contribution in [0.3, 0.4) is 0 Å². The van der Waals surface area contributed by atoms with Gasteiger partial charge in [-0.2, -0.15) is 5.26 Å². The van der Waals surface area contributed by atoms with Gasteiger partial charge in [0.05, 0.1) is 5.69 Å². The molecule has 5 heteroatoms. The quantitative estimate of drug-likeness (QED) is 0.701. The Morgan fingerprint density at radius 3 is 2.32 bits per heavy atom. The molecule has 4 nitrogen and oxygen atoms in total. The van der Waals surface area contributed by atoms with E-state index in [2.05, 4.69) is 27.0 Å². The fourth-order valence-electron chi connectivity index (χ4n) is 2.66. The van der Waals surface area contributed by atoms with Gasteiger partial charge in [0.1, 0.15) is 17.5 Å². The van der Waals surface area contributed by atoms with Gasteiger partial charge in [-0.05, 0) is 29.8 Å². The molecule has 124 valence electrons. The molecule has 3 aromatic rings. The molecule has 2 aromatic carbocycles. The van der Waals surface area contributed by atoms with E-state index in [0.717, 1.165) is 32.5 Å². The average molecular weight is 393 g/mol. The third-order valence-corrected chi connectivity index (χ3v) is 4.70. The van der Waals surface area contributed by atoms with Gasteiger partial charge in [-0.15, -0.1) is 0 Å². The molecule has 0 fully saturated rings. The van der Waals surface area contributed by atoms with E-state index >= 15 is 0 Å². The Morgan fingerprint density at radius 2 is 1.72 bits per heavy atom. The van der Waals surface area contributed by atoms with Crippen LogP contribution in [0.4, 0.5) is 11.5 Å².